The molecule has 0 amide bonds. The van der Waals surface area contributed by atoms with E-state index in [2.05, 4.69) is 10.2 Å². The van der Waals surface area contributed by atoms with Crippen LogP contribution in [0.15, 0.2) is 24.3 Å². The van der Waals surface area contributed by atoms with Gasteiger partial charge >= 0.3 is 6.18 Å². The number of nitrogens with one attached hydrogen (secondary N) is 1. The van der Waals surface area contributed by atoms with Crippen molar-refractivity contribution < 1.29 is 13.2 Å². The lowest BCUT2D eigenvalue weighted by Gasteiger charge is -2.36. The number of benzene rings is 1. The number of alkyl halides is 3. The van der Waals surface area contributed by atoms with Crippen molar-refractivity contribution in [3.8, 4) is 0 Å². The molecule has 1 aliphatic heterocycles. The summed E-state index contributed by atoms with van der Waals surface area (Å²) in [5.41, 5.74) is 0.189. The van der Waals surface area contributed by atoms with E-state index >= 15 is 0 Å². The van der Waals surface area contributed by atoms with E-state index in [9.17, 15) is 13.2 Å². The highest BCUT2D eigenvalue weighted by Gasteiger charge is 2.31. The summed E-state index contributed by atoms with van der Waals surface area (Å²) in [7, 11) is 1.96. The van der Waals surface area contributed by atoms with Gasteiger partial charge in [0, 0.05) is 6.04 Å². The van der Waals surface area contributed by atoms with Crippen LogP contribution in [0.1, 0.15) is 36.9 Å². The third kappa shape index (κ3) is 4.20. The van der Waals surface area contributed by atoms with Gasteiger partial charge in [0.2, 0.25) is 0 Å². The maximum Gasteiger partial charge on any atom is 0.416 e. The number of piperidine rings is 1. The van der Waals surface area contributed by atoms with Crippen LogP contribution >= 0.6 is 0 Å². The number of likely N-dealkylation sites (tertiary alicyclic amines) is 1. The summed E-state index contributed by atoms with van der Waals surface area (Å²) >= 11 is 0. The Balaban J connectivity index is 2.02. The molecule has 5 heteroatoms. The Morgan fingerprint density at radius 2 is 1.95 bits per heavy atom. The minimum atomic E-state index is -4.27. The fraction of sp³-hybridized carbons (Fsp3) is 0.625. The van der Waals surface area contributed by atoms with Gasteiger partial charge in [0.05, 0.1) is 5.56 Å². The Morgan fingerprint density at radius 1 is 1.29 bits per heavy atom. The van der Waals surface area contributed by atoms with Crippen LogP contribution in [0.3, 0.4) is 0 Å². The Labute approximate surface area is 124 Å². The zero-order valence-electron chi connectivity index (χ0n) is 12.6. The summed E-state index contributed by atoms with van der Waals surface area (Å²) in [6.45, 7) is 4.91. The van der Waals surface area contributed by atoms with Crippen molar-refractivity contribution in [2.75, 3.05) is 26.7 Å². The molecule has 2 rings (SSSR count). The first-order valence-corrected chi connectivity index (χ1v) is 7.47. The molecule has 0 aliphatic carbocycles. The first-order valence-electron chi connectivity index (χ1n) is 7.47. The monoisotopic (exact) mass is 300 g/mol. The lowest BCUT2D eigenvalue weighted by molar-refractivity contribution is -0.137. The molecule has 1 aromatic rings. The van der Waals surface area contributed by atoms with Crippen LogP contribution < -0.4 is 5.32 Å². The van der Waals surface area contributed by atoms with Crippen molar-refractivity contribution in [3.05, 3.63) is 35.4 Å². The Kier molecular flexibility index (Phi) is 5.27. The molecular weight excluding hydrogens is 277 g/mol. The van der Waals surface area contributed by atoms with Gasteiger partial charge in [-0.1, -0.05) is 12.1 Å². The molecule has 1 atom stereocenters. The molecule has 1 unspecified atom stereocenters. The highest BCUT2D eigenvalue weighted by molar-refractivity contribution is 5.27. The van der Waals surface area contributed by atoms with Gasteiger partial charge in [-0.25, -0.2) is 0 Å². The number of halogens is 3. The highest BCUT2D eigenvalue weighted by atomic mass is 19.4. The van der Waals surface area contributed by atoms with Crippen LogP contribution in [0.4, 0.5) is 13.2 Å². The van der Waals surface area contributed by atoms with E-state index in [4.69, 9.17) is 0 Å². The maximum atomic E-state index is 12.8. The number of hydrogen-bond acceptors (Lipinski definition) is 2. The molecule has 1 heterocycles. The third-order valence-electron chi connectivity index (χ3n) is 4.39. The summed E-state index contributed by atoms with van der Waals surface area (Å²) in [4.78, 5) is 2.28. The molecule has 0 aromatic heterocycles. The summed E-state index contributed by atoms with van der Waals surface area (Å²) in [5, 5.41) is 3.19. The molecule has 0 radical (unpaired) electrons. The second-order valence-electron chi connectivity index (χ2n) is 5.84. The van der Waals surface area contributed by atoms with Gasteiger partial charge in [0.25, 0.3) is 0 Å². The normalized spacial score (nSPS) is 19.7. The second-order valence-corrected chi connectivity index (χ2v) is 5.84. The molecule has 1 aromatic carbocycles. The quantitative estimate of drug-likeness (QED) is 0.912. The van der Waals surface area contributed by atoms with Gasteiger partial charge in [0.15, 0.2) is 0 Å². The van der Waals surface area contributed by atoms with Crippen molar-refractivity contribution in [1.82, 2.24) is 10.2 Å². The van der Waals surface area contributed by atoms with E-state index in [1.807, 2.05) is 14.0 Å². The van der Waals surface area contributed by atoms with Crippen molar-refractivity contribution in [2.45, 2.75) is 32.0 Å². The van der Waals surface area contributed by atoms with Crippen molar-refractivity contribution in [1.29, 1.82) is 0 Å². The van der Waals surface area contributed by atoms with Gasteiger partial charge in [-0.2, -0.15) is 13.2 Å². The molecule has 0 saturated carbocycles. The summed E-state index contributed by atoms with van der Waals surface area (Å²) < 4.78 is 38.4. The fourth-order valence-corrected chi connectivity index (χ4v) is 3.02. The molecular formula is C16H23F3N2. The number of rotatable bonds is 4. The predicted octanol–water partition coefficient (Wildman–Crippen LogP) is 3.70. The van der Waals surface area contributed by atoms with Gasteiger partial charge < -0.3 is 5.32 Å². The molecule has 1 N–H and O–H groups in total. The first-order chi connectivity index (χ1) is 9.91. The van der Waals surface area contributed by atoms with E-state index in [0.29, 0.717) is 5.92 Å². The summed E-state index contributed by atoms with van der Waals surface area (Å²) in [6, 6.07) is 5.74. The van der Waals surface area contributed by atoms with Crippen LogP contribution in [0.5, 0.6) is 0 Å². The zero-order valence-corrected chi connectivity index (χ0v) is 12.6. The lowest BCUT2D eigenvalue weighted by Crippen LogP contribution is -2.38. The Hall–Kier alpha value is -1.07. The third-order valence-corrected chi connectivity index (χ3v) is 4.39. The van der Waals surface area contributed by atoms with E-state index < -0.39 is 11.7 Å². The van der Waals surface area contributed by atoms with Crippen molar-refractivity contribution in [2.24, 2.45) is 5.92 Å². The number of nitrogens with zero attached hydrogens (tertiary/aromatic N) is 1. The highest BCUT2D eigenvalue weighted by Crippen LogP contribution is 2.32. The van der Waals surface area contributed by atoms with Gasteiger partial charge in [0.1, 0.15) is 0 Å². The van der Waals surface area contributed by atoms with Crippen LogP contribution in [0.2, 0.25) is 0 Å². The summed E-state index contributed by atoms with van der Waals surface area (Å²) in [6.07, 6.45) is -2.07. The first kappa shape index (κ1) is 16.3. The smallest absolute Gasteiger partial charge is 0.319 e. The van der Waals surface area contributed by atoms with E-state index in [1.54, 1.807) is 6.07 Å². The van der Waals surface area contributed by atoms with E-state index in [-0.39, 0.29) is 6.04 Å². The second kappa shape index (κ2) is 6.79. The standard InChI is InChI=1S/C16H23F3N2/c1-12(21-8-6-13(7-9-21)11-20-2)14-4-3-5-15(10-14)16(17,18)19/h3-5,10,12-13,20H,6-9,11H2,1-2H3. The van der Waals surface area contributed by atoms with Gasteiger partial charge in [-0.15, -0.1) is 0 Å². The van der Waals surface area contributed by atoms with Crippen LogP contribution in [0, 0.1) is 5.92 Å². The molecule has 118 valence electrons. The molecule has 1 aliphatic rings. The minimum absolute atomic E-state index is 0.0304. The molecule has 1 fully saturated rings. The van der Waals surface area contributed by atoms with Crippen LogP contribution in [0.25, 0.3) is 0 Å². The average molecular weight is 300 g/mol. The minimum Gasteiger partial charge on any atom is -0.319 e. The topological polar surface area (TPSA) is 15.3 Å². The predicted molar refractivity (Wildman–Crippen MR) is 78.1 cm³/mol. The Bertz CT molecular complexity index is 451. The fourth-order valence-electron chi connectivity index (χ4n) is 3.02. The van der Waals surface area contributed by atoms with Crippen molar-refractivity contribution in [3.63, 3.8) is 0 Å². The Morgan fingerprint density at radius 3 is 2.52 bits per heavy atom. The van der Waals surface area contributed by atoms with Crippen molar-refractivity contribution >= 4 is 0 Å². The van der Waals surface area contributed by atoms with E-state index in [0.717, 1.165) is 44.1 Å². The largest absolute Gasteiger partial charge is 0.416 e. The maximum absolute atomic E-state index is 12.8. The van der Waals surface area contributed by atoms with E-state index in [1.165, 1.54) is 12.1 Å². The van der Waals surface area contributed by atoms with Gasteiger partial charge in [-0.3, -0.25) is 4.90 Å². The molecule has 2 nitrogen and oxygen atoms in total. The lowest BCUT2D eigenvalue weighted by atomic mass is 9.94. The molecule has 0 spiro atoms. The SMILES string of the molecule is CNCC1CCN(C(C)c2cccc(C(F)(F)F)c2)CC1. The zero-order chi connectivity index (χ0) is 15.5. The molecule has 0 bridgehead atoms. The number of hydrogen-bond donors (Lipinski definition) is 1. The average Bonchev–Trinajstić information content (AvgIpc) is 2.47. The molecule has 1 saturated heterocycles. The molecule has 21 heavy (non-hydrogen) atoms. The van der Waals surface area contributed by atoms with Gasteiger partial charge in [-0.05, 0) is 70.1 Å². The van der Waals surface area contributed by atoms with Crippen LogP contribution in [-0.2, 0) is 6.18 Å². The summed E-state index contributed by atoms with van der Waals surface area (Å²) in [5.74, 6) is 0.681. The van der Waals surface area contributed by atoms with Crippen LogP contribution in [-0.4, -0.2) is 31.6 Å².